The number of halogens is 1. The third-order valence-electron chi connectivity index (χ3n) is 2.16. The van der Waals surface area contributed by atoms with Gasteiger partial charge in [-0.15, -0.1) is 0 Å². The molecule has 2 heterocycles. The fraction of sp³-hybridized carbons (Fsp3) is 0.300. The molecule has 0 amide bonds. The topological polar surface area (TPSA) is 77.8 Å². The van der Waals surface area contributed by atoms with Crippen molar-refractivity contribution in [2.75, 3.05) is 0 Å². The minimum absolute atomic E-state index is 0.207. The maximum atomic E-state index is 5.79. The van der Waals surface area contributed by atoms with Gasteiger partial charge in [-0.1, -0.05) is 12.1 Å². The van der Waals surface area contributed by atoms with Crippen LogP contribution in [0.25, 0.3) is 11.4 Å². The summed E-state index contributed by atoms with van der Waals surface area (Å²) >= 11 is 3.34. The van der Waals surface area contributed by atoms with Gasteiger partial charge in [0.1, 0.15) is 0 Å². The van der Waals surface area contributed by atoms with Crippen LogP contribution in [0.4, 0.5) is 0 Å². The maximum Gasteiger partial charge on any atom is 0.243 e. The van der Waals surface area contributed by atoms with Crippen molar-refractivity contribution < 1.29 is 4.52 Å². The molecule has 0 aliphatic carbocycles. The molecule has 0 unspecified atom stereocenters. The third-order valence-corrected chi connectivity index (χ3v) is 2.60. The average Bonchev–Trinajstić information content (AvgIpc) is 2.77. The molecule has 0 aliphatic rings. The first-order chi connectivity index (χ1) is 7.70. The van der Waals surface area contributed by atoms with Crippen LogP contribution >= 0.6 is 15.9 Å². The Morgan fingerprint density at radius 1 is 1.50 bits per heavy atom. The van der Waals surface area contributed by atoms with E-state index in [1.807, 2.05) is 13.0 Å². The highest BCUT2D eigenvalue weighted by Gasteiger charge is 2.14. The molecule has 0 aliphatic heterocycles. The van der Waals surface area contributed by atoms with Gasteiger partial charge in [0.15, 0.2) is 0 Å². The second-order valence-electron chi connectivity index (χ2n) is 3.36. The van der Waals surface area contributed by atoms with E-state index < -0.39 is 0 Å². The molecule has 0 fully saturated rings. The van der Waals surface area contributed by atoms with E-state index in [0.717, 1.165) is 16.5 Å². The van der Waals surface area contributed by atoms with Crippen molar-refractivity contribution in [1.82, 2.24) is 15.1 Å². The standard InChI is InChI=1S/C10H11BrN4O/c1-2-8(12)10-14-9(15-16-10)6-3-7(11)5-13-4-6/h3-5,8H,2,12H2,1H3/t8-/m1/s1. The van der Waals surface area contributed by atoms with E-state index in [1.54, 1.807) is 12.4 Å². The Hall–Kier alpha value is -1.27. The molecule has 2 N–H and O–H groups in total. The van der Waals surface area contributed by atoms with Gasteiger partial charge in [0, 0.05) is 22.4 Å². The molecule has 0 bridgehead atoms. The third kappa shape index (κ3) is 2.28. The predicted octanol–water partition coefficient (Wildman–Crippen LogP) is 2.30. The number of pyridine rings is 1. The predicted molar refractivity (Wildman–Crippen MR) is 62.4 cm³/mol. The highest BCUT2D eigenvalue weighted by molar-refractivity contribution is 9.10. The first-order valence-corrected chi connectivity index (χ1v) is 5.70. The van der Waals surface area contributed by atoms with Crippen molar-refractivity contribution in [3.63, 3.8) is 0 Å². The average molecular weight is 283 g/mol. The molecule has 6 heteroatoms. The summed E-state index contributed by atoms with van der Waals surface area (Å²) in [5, 5.41) is 3.87. The highest BCUT2D eigenvalue weighted by atomic mass is 79.9. The zero-order valence-electron chi connectivity index (χ0n) is 8.72. The lowest BCUT2D eigenvalue weighted by Gasteiger charge is -1.99. The lowest BCUT2D eigenvalue weighted by molar-refractivity contribution is 0.352. The Morgan fingerprint density at radius 2 is 2.31 bits per heavy atom. The molecule has 0 saturated carbocycles. The summed E-state index contributed by atoms with van der Waals surface area (Å²) in [7, 11) is 0. The lowest BCUT2D eigenvalue weighted by atomic mass is 10.2. The smallest absolute Gasteiger partial charge is 0.243 e. The molecule has 16 heavy (non-hydrogen) atoms. The van der Waals surface area contributed by atoms with E-state index in [9.17, 15) is 0 Å². The van der Waals surface area contributed by atoms with Gasteiger partial charge in [-0.3, -0.25) is 4.98 Å². The summed E-state index contributed by atoms with van der Waals surface area (Å²) in [5.41, 5.74) is 6.59. The molecule has 0 spiro atoms. The second-order valence-corrected chi connectivity index (χ2v) is 4.28. The fourth-order valence-corrected chi connectivity index (χ4v) is 1.58. The maximum absolute atomic E-state index is 5.79. The molecule has 1 atom stereocenters. The molecular formula is C10H11BrN4O. The van der Waals surface area contributed by atoms with Crippen LogP contribution in [0.1, 0.15) is 25.3 Å². The van der Waals surface area contributed by atoms with Crippen molar-refractivity contribution >= 4 is 15.9 Å². The molecule has 2 aromatic heterocycles. The number of aromatic nitrogens is 3. The number of nitrogens with zero attached hydrogens (tertiary/aromatic N) is 3. The first kappa shape index (κ1) is 11.2. The van der Waals surface area contributed by atoms with Gasteiger partial charge in [0.05, 0.1) is 6.04 Å². The summed E-state index contributed by atoms with van der Waals surface area (Å²) in [4.78, 5) is 8.26. The Labute approximate surface area is 101 Å². The van der Waals surface area contributed by atoms with Crippen LogP contribution in [-0.2, 0) is 0 Å². The van der Waals surface area contributed by atoms with E-state index in [1.165, 1.54) is 0 Å². The Morgan fingerprint density at radius 3 is 3.00 bits per heavy atom. The van der Waals surface area contributed by atoms with Gasteiger partial charge in [0.25, 0.3) is 0 Å². The molecule has 84 valence electrons. The Kier molecular flexibility index (Phi) is 3.31. The molecule has 0 saturated heterocycles. The van der Waals surface area contributed by atoms with Crippen molar-refractivity contribution in [2.45, 2.75) is 19.4 Å². The molecule has 2 aromatic rings. The fourth-order valence-electron chi connectivity index (χ4n) is 1.21. The second kappa shape index (κ2) is 4.71. The molecule has 5 nitrogen and oxygen atoms in total. The van der Waals surface area contributed by atoms with Crippen LogP contribution in [0.15, 0.2) is 27.5 Å². The van der Waals surface area contributed by atoms with Gasteiger partial charge in [-0.05, 0) is 28.4 Å². The van der Waals surface area contributed by atoms with Crippen molar-refractivity contribution in [2.24, 2.45) is 5.73 Å². The monoisotopic (exact) mass is 282 g/mol. The highest BCUT2D eigenvalue weighted by Crippen LogP contribution is 2.20. The van der Waals surface area contributed by atoms with Gasteiger partial charge in [-0.2, -0.15) is 4.98 Å². The van der Waals surface area contributed by atoms with Gasteiger partial charge < -0.3 is 10.3 Å². The summed E-state index contributed by atoms with van der Waals surface area (Å²) in [5.74, 6) is 0.963. The van der Waals surface area contributed by atoms with E-state index >= 15 is 0 Å². The van der Waals surface area contributed by atoms with E-state index in [-0.39, 0.29) is 6.04 Å². The van der Waals surface area contributed by atoms with Gasteiger partial charge in [0.2, 0.25) is 11.7 Å². The molecule has 2 rings (SSSR count). The number of hydrogen-bond acceptors (Lipinski definition) is 5. The normalized spacial score (nSPS) is 12.7. The van der Waals surface area contributed by atoms with Crippen molar-refractivity contribution in [3.8, 4) is 11.4 Å². The van der Waals surface area contributed by atoms with E-state index in [0.29, 0.717) is 11.7 Å². The first-order valence-electron chi connectivity index (χ1n) is 4.90. The Balaban J connectivity index is 2.31. The van der Waals surface area contributed by atoms with Crippen LogP contribution in [-0.4, -0.2) is 15.1 Å². The van der Waals surface area contributed by atoms with Crippen LogP contribution in [0.3, 0.4) is 0 Å². The van der Waals surface area contributed by atoms with Crippen LogP contribution < -0.4 is 5.73 Å². The Bertz CT molecular complexity index is 485. The van der Waals surface area contributed by atoms with Crippen LogP contribution in [0.5, 0.6) is 0 Å². The number of rotatable bonds is 3. The zero-order chi connectivity index (χ0) is 11.5. The lowest BCUT2D eigenvalue weighted by Crippen LogP contribution is -2.08. The van der Waals surface area contributed by atoms with Crippen molar-refractivity contribution in [3.05, 3.63) is 28.8 Å². The van der Waals surface area contributed by atoms with E-state index in [2.05, 4.69) is 31.1 Å². The molecule has 0 radical (unpaired) electrons. The summed E-state index contributed by atoms with van der Waals surface area (Å²) < 4.78 is 5.95. The summed E-state index contributed by atoms with van der Waals surface area (Å²) in [6, 6.07) is 1.67. The summed E-state index contributed by atoms with van der Waals surface area (Å²) in [6.45, 7) is 1.97. The minimum atomic E-state index is -0.207. The number of hydrogen-bond donors (Lipinski definition) is 1. The minimum Gasteiger partial charge on any atom is -0.337 e. The zero-order valence-corrected chi connectivity index (χ0v) is 10.3. The van der Waals surface area contributed by atoms with Crippen molar-refractivity contribution in [1.29, 1.82) is 0 Å². The SMILES string of the molecule is CC[C@@H](N)c1nc(-c2cncc(Br)c2)no1. The molecule has 0 aromatic carbocycles. The van der Waals surface area contributed by atoms with Crippen LogP contribution in [0, 0.1) is 0 Å². The van der Waals surface area contributed by atoms with Crippen LogP contribution in [0.2, 0.25) is 0 Å². The summed E-state index contributed by atoms with van der Waals surface area (Å²) in [6.07, 6.45) is 4.14. The quantitative estimate of drug-likeness (QED) is 0.935. The van der Waals surface area contributed by atoms with E-state index in [4.69, 9.17) is 10.3 Å². The largest absolute Gasteiger partial charge is 0.337 e. The number of nitrogens with two attached hydrogens (primary N) is 1. The molecular weight excluding hydrogens is 272 g/mol. The van der Waals surface area contributed by atoms with Gasteiger partial charge in [-0.25, -0.2) is 0 Å². The van der Waals surface area contributed by atoms with Gasteiger partial charge >= 0.3 is 0 Å².